The Kier molecular flexibility index (Phi) is 5.24. The summed E-state index contributed by atoms with van der Waals surface area (Å²) in [6.07, 6.45) is 1.09. The van der Waals surface area contributed by atoms with Gasteiger partial charge in [-0.1, -0.05) is 12.1 Å². The Morgan fingerprint density at radius 3 is 2.33 bits per heavy atom. The maximum atomic E-state index is 12.8. The van der Waals surface area contributed by atoms with Gasteiger partial charge in [-0.2, -0.15) is 0 Å². The molecule has 1 aromatic carbocycles. The Morgan fingerprint density at radius 1 is 1.12 bits per heavy atom. The molecule has 0 bridgehead atoms. The molecule has 1 amide bonds. The average molecular weight is 352 g/mol. The van der Waals surface area contributed by atoms with E-state index >= 15 is 0 Å². The van der Waals surface area contributed by atoms with Crippen LogP contribution >= 0.6 is 0 Å². The number of aromatic carboxylic acids is 1. The third-order valence-electron chi connectivity index (χ3n) is 3.07. The molecular formula is C15H13FN2O5S. The summed E-state index contributed by atoms with van der Waals surface area (Å²) in [5, 5.41) is 8.71. The van der Waals surface area contributed by atoms with E-state index in [2.05, 4.69) is 4.98 Å². The first-order valence-electron chi connectivity index (χ1n) is 6.75. The number of hydrogen-bond donors (Lipinski definition) is 2. The number of carbonyl (C=O) groups excluding carboxylic acids is 1. The number of amides is 1. The number of rotatable bonds is 6. The van der Waals surface area contributed by atoms with E-state index in [1.807, 2.05) is 4.72 Å². The van der Waals surface area contributed by atoms with Gasteiger partial charge in [0.05, 0.1) is 11.3 Å². The second-order valence-corrected chi connectivity index (χ2v) is 6.71. The smallest absolute Gasteiger partial charge is 0.354 e. The number of benzene rings is 1. The molecule has 126 valence electrons. The number of halogens is 1. The molecular weight excluding hydrogens is 339 g/mol. The van der Waals surface area contributed by atoms with E-state index < -0.39 is 27.7 Å². The summed E-state index contributed by atoms with van der Waals surface area (Å²) in [5.74, 6) is -2.94. The number of carboxylic acid groups (broad SMARTS) is 1. The number of nitrogens with zero attached hydrogens (tertiary/aromatic N) is 1. The average Bonchev–Trinajstić information content (AvgIpc) is 2.54. The molecule has 0 aliphatic heterocycles. The Hall–Kier alpha value is -2.81. The standard InChI is InChI=1S/C15H13FN2O5S/c16-12-4-1-10(2-5-12)7-8-24(22,23)18-14(19)11-3-6-13(15(20)21)17-9-11/h1-6,9H,7-8H2,(H,18,19)(H,20,21). The molecule has 0 atom stereocenters. The Bertz CT molecular complexity index is 848. The first-order valence-corrected chi connectivity index (χ1v) is 8.41. The van der Waals surface area contributed by atoms with Crippen LogP contribution in [0.5, 0.6) is 0 Å². The molecule has 0 saturated heterocycles. The molecule has 9 heteroatoms. The molecule has 2 rings (SSSR count). The van der Waals surface area contributed by atoms with Gasteiger partial charge in [-0.05, 0) is 36.2 Å². The van der Waals surface area contributed by atoms with Crippen molar-refractivity contribution in [2.75, 3.05) is 5.75 Å². The highest BCUT2D eigenvalue weighted by molar-refractivity contribution is 7.90. The van der Waals surface area contributed by atoms with Crippen molar-refractivity contribution < 1.29 is 27.5 Å². The fourth-order valence-corrected chi connectivity index (χ4v) is 2.82. The monoisotopic (exact) mass is 352 g/mol. The molecule has 0 aliphatic rings. The highest BCUT2D eigenvalue weighted by Crippen LogP contribution is 2.06. The molecule has 0 unspecified atom stereocenters. The molecule has 0 saturated carbocycles. The van der Waals surface area contributed by atoms with Crippen molar-refractivity contribution in [3.63, 3.8) is 0 Å². The number of carboxylic acids is 1. The van der Waals surface area contributed by atoms with E-state index in [1.54, 1.807) is 0 Å². The fraction of sp³-hybridized carbons (Fsp3) is 0.133. The lowest BCUT2D eigenvalue weighted by atomic mass is 10.2. The van der Waals surface area contributed by atoms with E-state index in [4.69, 9.17) is 5.11 Å². The fourth-order valence-electron chi connectivity index (χ4n) is 1.81. The van der Waals surface area contributed by atoms with Crippen molar-refractivity contribution in [2.45, 2.75) is 6.42 Å². The number of pyridine rings is 1. The Labute approximate surface area is 137 Å². The summed E-state index contributed by atoms with van der Waals surface area (Å²) in [4.78, 5) is 26.1. The van der Waals surface area contributed by atoms with Gasteiger partial charge in [0.15, 0.2) is 0 Å². The Morgan fingerprint density at radius 2 is 1.79 bits per heavy atom. The maximum absolute atomic E-state index is 12.8. The van der Waals surface area contributed by atoms with Gasteiger partial charge in [0.1, 0.15) is 11.5 Å². The Balaban J connectivity index is 1.98. The molecule has 0 aliphatic carbocycles. The zero-order valence-corrected chi connectivity index (χ0v) is 13.1. The van der Waals surface area contributed by atoms with Crippen LogP contribution in [-0.4, -0.2) is 36.1 Å². The lowest BCUT2D eigenvalue weighted by Gasteiger charge is -2.07. The van der Waals surface area contributed by atoms with Gasteiger partial charge in [0.25, 0.3) is 5.91 Å². The van der Waals surface area contributed by atoms with Crippen molar-refractivity contribution in [3.05, 3.63) is 65.2 Å². The molecule has 1 aromatic heterocycles. The first-order chi connectivity index (χ1) is 11.3. The van der Waals surface area contributed by atoms with Crippen molar-refractivity contribution in [2.24, 2.45) is 0 Å². The normalized spacial score (nSPS) is 11.0. The van der Waals surface area contributed by atoms with Crippen molar-refractivity contribution in [1.29, 1.82) is 0 Å². The van der Waals surface area contributed by atoms with E-state index in [0.717, 1.165) is 12.3 Å². The highest BCUT2D eigenvalue weighted by Gasteiger charge is 2.17. The van der Waals surface area contributed by atoms with Gasteiger partial charge in [-0.3, -0.25) is 4.79 Å². The zero-order valence-electron chi connectivity index (χ0n) is 12.3. The molecule has 7 nitrogen and oxygen atoms in total. The van der Waals surface area contributed by atoms with Crippen molar-refractivity contribution in [3.8, 4) is 0 Å². The van der Waals surface area contributed by atoms with Crippen LogP contribution in [0.2, 0.25) is 0 Å². The lowest BCUT2D eigenvalue weighted by Crippen LogP contribution is -2.33. The van der Waals surface area contributed by atoms with E-state index in [9.17, 15) is 22.4 Å². The summed E-state index contributed by atoms with van der Waals surface area (Å²) < 4.78 is 38.5. The predicted molar refractivity (Wildman–Crippen MR) is 82.6 cm³/mol. The van der Waals surface area contributed by atoms with Crippen LogP contribution < -0.4 is 4.72 Å². The third-order valence-corrected chi connectivity index (χ3v) is 4.30. The number of aromatic nitrogens is 1. The SMILES string of the molecule is O=C(NS(=O)(=O)CCc1ccc(F)cc1)c1ccc(C(=O)O)nc1. The van der Waals surface area contributed by atoms with Gasteiger partial charge < -0.3 is 5.11 Å². The van der Waals surface area contributed by atoms with Crippen LogP contribution in [0.25, 0.3) is 0 Å². The van der Waals surface area contributed by atoms with Crippen LogP contribution in [0.4, 0.5) is 4.39 Å². The number of carbonyl (C=O) groups is 2. The summed E-state index contributed by atoms with van der Waals surface area (Å²) in [6.45, 7) is 0. The minimum Gasteiger partial charge on any atom is -0.477 e. The van der Waals surface area contributed by atoms with Gasteiger partial charge in [-0.25, -0.2) is 27.3 Å². The van der Waals surface area contributed by atoms with Crippen LogP contribution in [-0.2, 0) is 16.4 Å². The van der Waals surface area contributed by atoms with Gasteiger partial charge in [0, 0.05) is 6.20 Å². The summed E-state index contributed by atoms with van der Waals surface area (Å²) in [7, 11) is -3.90. The maximum Gasteiger partial charge on any atom is 0.354 e. The number of sulfonamides is 1. The van der Waals surface area contributed by atoms with Gasteiger partial charge >= 0.3 is 5.97 Å². The topological polar surface area (TPSA) is 113 Å². The van der Waals surface area contributed by atoms with Gasteiger partial charge in [-0.15, -0.1) is 0 Å². The molecule has 24 heavy (non-hydrogen) atoms. The number of nitrogens with one attached hydrogen (secondary N) is 1. The molecule has 0 radical (unpaired) electrons. The third kappa shape index (κ3) is 4.85. The van der Waals surface area contributed by atoms with Crippen LogP contribution in [0.3, 0.4) is 0 Å². The second kappa shape index (κ2) is 7.18. The van der Waals surface area contributed by atoms with E-state index in [-0.39, 0.29) is 23.4 Å². The molecule has 2 aromatic rings. The summed E-state index contributed by atoms with van der Waals surface area (Å²) in [6, 6.07) is 7.62. The largest absolute Gasteiger partial charge is 0.477 e. The van der Waals surface area contributed by atoms with E-state index in [0.29, 0.717) is 5.56 Å². The van der Waals surface area contributed by atoms with Crippen molar-refractivity contribution in [1.82, 2.24) is 9.71 Å². The highest BCUT2D eigenvalue weighted by atomic mass is 32.2. The second-order valence-electron chi connectivity index (χ2n) is 4.86. The van der Waals surface area contributed by atoms with Crippen LogP contribution in [0, 0.1) is 5.82 Å². The predicted octanol–water partition coefficient (Wildman–Crippen LogP) is 1.22. The molecule has 0 spiro atoms. The van der Waals surface area contributed by atoms with Gasteiger partial charge in [0.2, 0.25) is 10.0 Å². The quantitative estimate of drug-likeness (QED) is 0.808. The van der Waals surface area contributed by atoms with E-state index in [1.165, 1.54) is 30.3 Å². The van der Waals surface area contributed by atoms with Crippen LogP contribution in [0.1, 0.15) is 26.4 Å². The minimum atomic E-state index is -3.90. The first kappa shape index (κ1) is 17.5. The molecule has 2 N–H and O–H groups in total. The minimum absolute atomic E-state index is 0.0784. The summed E-state index contributed by atoms with van der Waals surface area (Å²) >= 11 is 0. The van der Waals surface area contributed by atoms with Crippen LogP contribution in [0.15, 0.2) is 42.6 Å². The lowest BCUT2D eigenvalue weighted by molar-refractivity contribution is 0.0689. The zero-order chi connectivity index (χ0) is 17.7. The summed E-state index contributed by atoms with van der Waals surface area (Å²) in [5.41, 5.74) is 0.276. The molecule has 1 heterocycles. The number of aryl methyl sites for hydroxylation is 1. The van der Waals surface area contributed by atoms with Crippen molar-refractivity contribution >= 4 is 21.9 Å². The number of hydrogen-bond acceptors (Lipinski definition) is 5. The molecule has 0 fully saturated rings.